The van der Waals surface area contributed by atoms with Crippen LogP contribution in [0.5, 0.6) is 0 Å². The number of nitrogens with zero attached hydrogens (tertiary/aromatic N) is 1. The predicted octanol–water partition coefficient (Wildman–Crippen LogP) is 0.752. The third-order valence-electron chi connectivity index (χ3n) is 3.44. The highest BCUT2D eigenvalue weighted by Gasteiger charge is 2.31. The summed E-state index contributed by atoms with van der Waals surface area (Å²) in [6, 6.07) is 0. The molecule has 0 saturated carbocycles. The minimum atomic E-state index is -0.308. The van der Waals surface area contributed by atoms with E-state index in [0.29, 0.717) is 38.3 Å². The number of amides is 2. The van der Waals surface area contributed by atoms with Crippen molar-refractivity contribution in [3.63, 3.8) is 0 Å². The molecule has 6 nitrogen and oxygen atoms in total. The van der Waals surface area contributed by atoms with Gasteiger partial charge in [0.25, 0.3) is 0 Å². The summed E-state index contributed by atoms with van der Waals surface area (Å²) in [5.41, 5.74) is 10.7. The number of primary amides is 1. The molecule has 1 rings (SSSR count). The van der Waals surface area contributed by atoms with Crippen LogP contribution >= 0.6 is 11.8 Å². The minimum absolute atomic E-state index is 0.0156. The zero-order chi connectivity index (χ0) is 15.3. The first-order chi connectivity index (χ1) is 9.31. The van der Waals surface area contributed by atoms with Crippen LogP contribution in [0.3, 0.4) is 0 Å². The molecule has 5 N–H and O–H groups in total. The molecule has 0 spiro atoms. The molecule has 1 atom stereocenters. The van der Waals surface area contributed by atoms with E-state index in [1.165, 1.54) is 0 Å². The quantitative estimate of drug-likeness (QED) is 0.513. The smallest absolute Gasteiger partial charge is 0.236 e. The Morgan fingerprint density at radius 1 is 1.30 bits per heavy atom. The van der Waals surface area contributed by atoms with Gasteiger partial charge in [0.1, 0.15) is 0 Å². The van der Waals surface area contributed by atoms with Gasteiger partial charge in [-0.15, -0.1) is 0 Å². The fourth-order valence-corrected chi connectivity index (χ4v) is 3.41. The van der Waals surface area contributed by atoms with Crippen molar-refractivity contribution in [2.45, 2.75) is 38.4 Å². The standard InChI is InChI=1S/C13H24N4O2S/c1-8(2)7-10(20-13(15)16)12(19)17-5-3-9(4-6-17)11(14)18/h8-10H,3-7H2,1-2H3,(H2,14,18)(H3,15,16). The SMILES string of the molecule is CC(C)CC(SC(=N)N)C(=O)N1CCC(C(N)=O)CC1. The van der Waals surface area contributed by atoms with Crippen LogP contribution in [0.25, 0.3) is 0 Å². The molecule has 20 heavy (non-hydrogen) atoms. The summed E-state index contributed by atoms with van der Waals surface area (Å²) in [4.78, 5) is 25.4. The summed E-state index contributed by atoms with van der Waals surface area (Å²) in [6.07, 6.45) is 1.94. The molecule has 0 bridgehead atoms. The molecular formula is C13H24N4O2S. The van der Waals surface area contributed by atoms with E-state index in [1.54, 1.807) is 4.90 Å². The largest absolute Gasteiger partial charge is 0.379 e. The Bertz CT molecular complexity index is 379. The van der Waals surface area contributed by atoms with Gasteiger partial charge in [-0.25, -0.2) is 0 Å². The number of amidine groups is 1. The third kappa shape index (κ3) is 5.03. The fraction of sp³-hybridized carbons (Fsp3) is 0.769. The number of likely N-dealkylation sites (tertiary alicyclic amines) is 1. The Labute approximate surface area is 124 Å². The van der Waals surface area contributed by atoms with E-state index in [1.807, 2.05) is 13.8 Å². The monoisotopic (exact) mass is 300 g/mol. The highest BCUT2D eigenvalue weighted by molar-refractivity contribution is 8.14. The molecule has 2 amide bonds. The van der Waals surface area contributed by atoms with E-state index >= 15 is 0 Å². The minimum Gasteiger partial charge on any atom is -0.379 e. The lowest BCUT2D eigenvalue weighted by Gasteiger charge is -2.33. The third-order valence-corrected chi connectivity index (χ3v) is 4.37. The summed E-state index contributed by atoms with van der Waals surface area (Å²) in [6.45, 7) is 5.19. The Morgan fingerprint density at radius 2 is 1.85 bits per heavy atom. The van der Waals surface area contributed by atoms with Crippen molar-refractivity contribution in [1.82, 2.24) is 4.90 Å². The van der Waals surface area contributed by atoms with Crippen molar-refractivity contribution in [1.29, 1.82) is 5.41 Å². The highest BCUT2D eigenvalue weighted by atomic mass is 32.2. The summed E-state index contributed by atoms with van der Waals surface area (Å²) >= 11 is 1.12. The molecule has 1 aliphatic rings. The van der Waals surface area contributed by atoms with E-state index in [0.717, 1.165) is 11.8 Å². The van der Waals surface area contributed by atoms with Crippen molar-refractivity contribution in [2.24, 2.45) is 23.3 Å². The van der Waals surface area contributed by atoms with Crippen LogP contribution in [0.15, 0.2) is 0 Å². The summed E-state index contributed by atoms with van der Waals surface area (Å²) in [5, 5.41) is 7.03. The number of thioether (sulfide) groups is 1. The molecule has 7 heteroatoms. The summed E-state index contributed by atoms with van der Waals surface area (Å²) < 4.78 is 0. The van der Waals surface area contributed by atoms with Crippen molar-refractivity contribution in [2.75, 3.05) is 13.1 Å². The predicted molar refractivity (Wildman–Crippen MR) is 81.2 cm³/mol. The van der Waals surface area contributed by atoms with Gasteiger partial charge in [0.05, 0.1) is 5.25 Å². The van der Waals surface area contributed by atoms with Gasteiger partial charge >= 0.3 is 0 Å². The van der Waals surface area contributed by atoms with Crippen molar-refractivity contribution >= 4 is 28.7 Å². The van der Waals surface area contributed by atoms with Crippen molar-refractivity contribution in [3.8, 4) is 0 Å². The number of carbonyl (C=O) groups is 2. The molecule has 1 unspecified atom stereocenters. The number of nitrogens with one attached hydrogen (secondary N) is 1. The van der Waals surface area contributed by atoms with Gasteiger partial charge in [-0.1, -0.05) is 25.6 Å². The maximum atomic E-state index is 12.5. The average Bonchev–Trinajstić information content (AvgIpc) is 2.36. The fourth-order valence-electron chi connectivity index (χ4n) is 2.37. The molecule has 0 aromatic carbocycles. The normalized spacial score (nSPS) is 18.1. The van der Waals surface area contributed by atoms with Gasteiger partial charge in [-0.05, 0) is 25.2 Å². The number of rotatable bonds is 5. The lowest BCUT2D eigenvalue weighted by Crippen LogP contribution is -2.45. The van der Waals surface area contributed by atoms with Crippen LogP contribution in [0.1, 0.15) is 33.1 Å². The van der Waals surface area contributed by atoms with Gasteiger partial charge in [0, 0.05) is 19.0 Å². The first-order valence-electron chi connectivity index (χ1n) is 6.90. The molecule has 1 fully saturated rings. The van der Waals surface area contributed by atoms with Gasteiger partial charge < -0.3 is 16.4 Å². The zero-order valence-electron chi connectivity index (χ0n) is 12.1. The molecular weight excluding hydrogens is 276 g/mol. The second-order valence-corrected chi connectivity index (χ2v) is 6.85. The highest BCUT2D eigenvalue weighted by Crippen LogP contribution is 2.24. The number of hydrogen-bond acceptors (Lipinski definition) is 4. The molecule has 1 aliphatic heterocycles. The van der Waals surface area contributed by atoms with E-state index in [-0.39, 0.29) is 28.1 Å². The van der Waals surface area contributed by atoms with Gasteiger partial charge in [0.15, 0.2) is 5.17 Å². The Hall–Kier alpha value is -1.24. The van der Waals surface area contributed by atoms with Crippen LogP contribution in [-0.4, -0.2) is 40.2 Å². The number of hydrogen-bond donors (Lipinski definition) is 3. The zero-order valence-corrected chi connectivity index (χ0v) is 12.9. The molecule has 0 aromatic rings. The Balaban J connectivity index is 2.61. The van der Waals surface area contributed by atoms with E-state index < -0.39 is 0 Å². The van der Waals surface area contributed by atoms with E-state index in [9.17, 15) is 9.59 Å². The molecule has 0 radical (unpaired) electrons. The summed E-state index contributed by atoms with van der Waals surface area (Å²) in [5.74, 6) is -0.0298. The molecule has 1 saturated heterocycles. The Morgan fingerprint density at radius 3 is 2.25 bits per heavy atom. The summed E-state index contributed by atoms with van der Waals surface area (Å²) in [7, 11) is 0. The first kappa shape index (κ1) is 16.8. The van der Waals surface area contributed by atoms with Crippen molar-refractivity contribution in [3.05, 3.63) is 0 Å². The van der Waals surface area contributed by atoms with Crippen LogP contribution in [-0.2, 0) is 9.59 Å². The second-order valence-electron chi connectivity index (χ2n) is 5.60. The van der Waals surface area contributed by atoms with E-state index in [4.69, 9.17) is 16.9 Å². The maximum absolute atomic E-state index is 12.5. The number of carbonyl (C=O) groups excluding carboxylic acids is 2. The number of piperidine rings is 1. The van der Waals surface area contributed by atoms with Crippen molar-refractivity contribution < 1.29 is 9.59 Å². The topological polar surface area (TPSA) is 113 Å². The lowest BCUT2D eigenvalue weighted by molar-refractivity contribution is -0.134. The van der Waals surface area contributed by atoms with Gasteiger partial charge in [-0.2, -0.15) is 0 Å². The molecule has 114 valence electrons. The number of nitrogens with two attached hydrogens (primary N) is 2. The maximum Gasteiger partial charge on any atom is 0.236 e. The van der Waals surface area contributed by atoms with E-state index in [2.05, 4.69) is 0 Å². The molecule has 0 aliphatic carbocycles. The van der Waals surface area contributed by atoms with Crippen LogP contribution < -0.4 is 11.5 Å². The second kappa shape index (κ2) is 7.52. The molecule has 0 aromatic heterocycles. The lowest BCUT2D eigenvalue weighted by atomic mass is 9.95. The van der Waals surface area contributed by atoms with Gasteiger partial charge in [-0.3, -0.25) is 15.0 Å². The van der Waals surface area contributed by atoms with Crippen LogP contribution in [0, 0.1) is 17.2 Å². The average molecular weight is 300 g/mol. The van der Waals surface area contributed by atoms with Crippen LogP contribution in [0.4, 0.5) is 0 Å². The first-order valence-corrected chi connectivity index (χ1v) is 7.78. The Kier molecular flexibility index (Phi) is 6.32. The van der Waals surface area contributed by atoms with Crippen LogP contribution in [0.2, 0.25) is 0 Å². The van der Waals surface area contributed by atoms with Gasteiger partial charge in [0.2, 0.25) is 11.8 Å². The molecule has 1 heterocycles.